The van der Waals surface area contributed by atoms with Crippen LogP contribution in [0.25, 0.3) is 10.2 Å². The van der Waals surface area contributed by atoms with Crippen LogP contribution in [0.1, 0.15) is 110 Å². The third-order valence-electron chi connectivity index (χ3n) is 5.22. The molecule has 1 heterocycles. The van der Waals surface area contributed by atoms with E-state index in [9.17, 15) is 0 Å². The van der Waals surface area contributed by atoms with Crippen LogP contribution in [0.3, 0.4) is 0 Å². The van der Waals surface area contributed by atoms with Crippen molar-refractivity contribution in [2.75, 3.05) is 4.43 Å². The Bertz CT molecular complexity index is 508. The number of hydrogen-bond donors (Lipinski definition) is 0. The first kappa shape index (κ1) is 25.9. The maximum Gasteiger partial charge on any atom is 0.0812 e. The fourth-order valence-corrected chi connectivity index (χ4v) is 4.66. The van der Waals surface area contributed by atoms with Gasteiger partial charge in [-0.2, -0.15) is 0 Å². The Morgan fingerprint density at radius 2 is 1.14 bits per heavy atom. The summed E-state index contributed by atoms with van der Waals surface area (Å²) in [5.74, 6) is 0. The first-order valence-electron chi connectivity index (χ1n) is 11.7. The summed E-state index contributed by atoms with van der Waals surface area (Å²) in [7, 11) is 0. The largest absolute Gasteiger partial charge is 0.245 e. The van der Waals surface area contributed by atoms with Crippen LogP contribution < -0.4 is 0 Å². The Morgan fingerprint density at radius 3 is 1.61 bits per heavy atom. The van der Waals surface area contributed by atoms with Gasteiger partial charge in [-0.15, -0.1) is 11.3 Å². The third kappa shape index (κ3) is 14.8. The third-order valence-corrected chi connectivity index (χ3v) is 6.80. The topological polar surface area (TPSA) is 12.9 Å². The molecule has 2 aromatic rings. The molecule has 3 heteroatoms. The quantitative estimate of drug-likeness (QED) is 0.123. The molecule has 0 fully saturated rings. The van der Waals surface area contributed by atoms with E-state index in [1.807, 2.05) is 23.7 Å². The van der Waals surface area contributed by atoms with Gasteiger partial charge in [0.2, 0.25) is 0 Å². The predicted octanol–water partition coefficient (Wildman–Crippen LogP) is 9.98. The molecular weight excluding hydrogens is 473 g/mol. The average molecular weight is 516 g/mol. The molecular formula is C25H42INS. The van der Waals surface area contributed by atoms with E-state index < -0.39 is 0 Å². The lowest BCUT2D eigenvalue weighted by Gasteiger charge is -2.03. The maximum absolute atomic E-state index is 4.14. The van der Waals surface area contributed by atoms with Gasteiger partial charge in [0.25, 0.3) is 0 Å². The fourth-order valence-electron chi connectivity index (χ4n) is 3.45. The molecule has 0 radical (unpaired) electrons. The molecule has 28 heavy (non-hydrogen) atoms. The minimum atomic E-state index is 1.10. The fraction of sp³-hybridized carbons (Fsp3) is 0.720. The number of hydrogen-bond acceptors (Lipinski definition) is 2. The van der Waals surface area contributed by atoms with Gasteiger partial charge in [0.1, 0.15) is 0 Å². The van der Waals surface area contributed by atoms with Gasteiger partial charge in [0, 0.05) is 0 Å². The number of halogens is 1. The van der Waals surface area contributed by atoms with Crippen LogP contribution in [-0.4, -0.2) is 9.41 Å². The van der Waals surface area contributed by atoms with Crippen molar-refractivity contribution in [2.24, 2.45) is 0 Å². The van der Waals surface area contributed by atoms with Crippen LogP contribution in [-0.2, 0) is 0 Å². The zero-order valence-corrected chi connectivity index (χ0v) is 21.1. The van der Waals surface area contributed by atoms with Crippen molar-refractivity contribution in [1.82, 2.24) is 4.98 Å². The van der Waals surface area contributed by atoms with Gasteiger partial charge in [0.15, 0.2) is 0 Å². The molecule has 0 unspecified atom stereocenters. The number of aromatic nitrogens is 1. The van der Waals surface area contributed by atoms with Crippen LogP contribution >= 0.6 is 33.9 Å². The zero-order valence-electron chi connectivity index (χ0n) is 18.1. The summed E-state index contributed by atoms with van der Waals surface area (Å²) in [5, 5.41) is 0. The van der Waals surface area contributed by atoms with Gasteiger partial charge < -0.3 is 0 Å². The zero-order chi connectivity index (χ0) is 20.1. The molecule has 0 aliphatic carbocycles. The smallest absolute Gasteiger partial charge is 0.0812 e. The van der Waals surface area contributed by atoms with Gasteiger partial charge in [0.05, 0.1) is 15.7 Å². The van der Waals surface area contributed by atoms with Crippen LogP contribution in [0, 0.1) is 0 Å². The summed E-state index contributed by atoms with van der Waals surface area (Å²) in [5.41, 5.74) is 2.97. The van der Waals surface area contributed by atoms with Crippen molar-refractivity contribution in [3.63, 3.8) is 0 Å². The predicted molar refractivity (Wildman–Crippen MR) is 138 cm³/mol. The van der Waals surface area contributed by atoms with Crippen molar-refractivity contribution in [3.8, 4) is 0 Å². The second-order valence-electron chi connectivity index (χ2n) is 7.81. The van der Waals surface area contributed by atoms with Crippen LogP contribution in [0.4, 0.5) is 0 Å². The average Bonchev–Trinajstić information content (AvgIpc) is 3.20. The normalized spacial score (nSPS) is 10.8. The number of nitrogens with zero attached hydrogens (tertiary/aromatic N) is 1. The number of rotatable bonds is 16. The van der Waals surface area contributed by atoms with Gasteiger partial charge in [-0.25, -0.2) is 4.98 Å². The minimum absolute atomic E-state index is 1.10. The van der Waals surface area contributed by atoms with E-state index in [0.29, 0.717) is 0 Å². The highest BCUT2D eigenvalue weighted by Gasteiger charge is 1.94. The summed E-state index contributed by atoms with van der Waals surface area (Å²) in [6, 6.07) is 8.13. The molecule has 0 bridgehead atoms. The summed E-state index contributed by atoms with van der Waals surface area (Å²) in [4.78, 5) is 4.14. The Kier molecular flexibility index (Phi) is 18.6. The SMILES string of the molecule is CCCCCCCCCCCCCCCCCCI.c1ccc2scnc2c1. The van der Waals surface area contributed by atoms with Crippen LogP contribution in [0.2, 0.25) is 0 Å². The van der Waals surface area contributed by atoms with Crippen molar-refractivity contribution >= 4 is 44.1 Å². The molecule has 0 N–H and O–H groups in total. The molecule has 1 aromatic carbocycles. The second kappa shape index (κ2) is 20.1. The summed E-state index contributed by atoms with van der Waals surface area (Å²) in [6.07, 6.45) is 23.5. The standard InChI is InChI=1S/C18H37I.C7H5NS/c1-2-3-4-5-6-7-8-9-10-11-12-13-14-15-16-17-18-19;1-2-4-7-6(3-1)8-5-9-7/h2-18H2,1H3;1-5H. The summed E-state index contributed by atoms with van der Waals surface area (Å²) in [6.45, 7) is 2.30. The Labute approximate surface area is 192 Å². The number of alkyl halides is 1. The van der Waals surface area contributed by atoms with E-state index in [1.54, 1.807) is 11.3 Å². The lowest BCUT2D eigenvalue weighted by atomic mass is 10.0. The lowest BCUT2D eigenvalue weighted by molar-refractivity contribution is 0.532. The van der Waals surface area contributed by atoms with Crippen LogP contribution in [0.15, 0.2) is 29.8 Å². The van der Waals surface area contributed by atoms with E-state index in [0.717, 1.165) is 5.52 Å². The van der Waals surface area contributed by atoms with E-state index >= 15 is 0 Å². The highest BCUT2D eigenvalue weighted by atomic mass is 127. The molecule has 0 aliphatic heterocycles. The van der Waals surface area contributed by atoms with Crippen molar-refractivity contribution in [2.45, 2.75) is 110 Å². The second-order valence-corrected chi connectivity index (χ2v) is 9.78. The minimum Gasteiger partial charge on any atom is -0.245 e. The van der Waals surface area contributed by atoms with E-state index in [4.69, 9.17) is 0 Å². The molecule has 0 atom stereocenters. The number of para-hydroxylation sites is 1. The lowest BCUT2D eigenvalue weighted by Crippen LogP contribution is -1.83. The number of benzene rings is 1. The van der Waals surface area contributed by atoms with Gasteiger partial charge in [-0.05, 0) is 23.0 Å². The molecule has 1 aromatic heterocycles. The first-order valence-corrected chi connectivity index (χ1v) is 14.1. The van der Waals surface area contributed by atoms with Crippen molar-refractivity contribution in [1.29, 1.82) is 0 Å². The van der Waals surface area contributed by atoms with Crippen molar-refractivity contribution in [3.05, 3.63) is 29.8 Å². The molecule has 0 aliphatic rings. The van der Waals surface area contributed by atoms with Gasteiger partial charge in [-0.1, -0.05) is 138 Å². The maximum atomic E-state index is 4.14. The Balaban J connectivity index is 0.000000354. The summed E-state index contributed by atoms with van der Waals surface area (Å²) < 4.78 is 2.61. The van der Waals surface area contributed by atoms with Gasteiger partial charge >= 0.3 is 0 Å². The highest BCUT2D eigenvalue weighted by molar-refractivity contribution is 14.1. The molecule has 0 amide bonds. The van der Waals surface area contributed by atoms with Crippen LogP contribution in [0.5, 0.6) is 0 Å². The number of thiazole rings is 1. The van der Waals surface area contributed by atoms with Crippen molar-refractivity contribution < 1.29 is 0 Å². The highest BCUT2D eigenvalue weighted by Crippen LogP contribution is 2.15. The molecule has 160 valence electrons. The number of fused-ring (bicyclic) bond motifs is 1. The monoisotopic (exact) mass is 515 g/mol. The molecule has 2 rings (SSSR count). The number of unbranched alkanes of at least 4 members (excludes halogenated alkanes) is 15. The van der Waals surface area contributed by atoms with E-state index in [1.165, 1.54) is 112 Å². The first-order chi connectivity index (χ1) is 13.9. The Hall–Kier alpha value is -0.160. The molecule has 0 saturated heterocycles. The van der Waals surface area contributed by atoms with Gasteiger partial charge in [-0.3, -0.25) is 0 Å². The molecule has 0 spiro atoms. The molecule has 0 saturated carbocycles. The van der Waals surface area contributed by atoms with E-state index in [-0.39, 0.29) is 0 Å². The Morgan fingerprint density at radius 1 is 0.679 bits per heavy atom. The summed E-state index contributed by atoms with van der Waals surface area (Å²) >= 11 is 4.16. The molecule has 1 nitrogen and oxygen atoms in total. The van der Waals surface area contributed by atoms with E-state index in [2.05, 4.69) is 40.6 Å².